The number of aromatic amines is 2. The summed E-state index contributed by atoms with van der Waals surface area (Å²) < 4.78 is 18.7. The number of aromatic nitrogens is 3. The largest absolute Gasteiger partial charge is 0.484 e. The van der Waals surface area contributed by atoms with Crippen molar-refractivity contribution in [1.82, 2.24) is 20.3 Å². The molecule has 4 rings (SSSR count). The summed E-state index contributed by atoms with van der Waals surface area (Å²) in [6, 6.07) is 14.2. The van der Waals surface area contributed by atoms with Gasteiger partial charge in [0.1, 0.15) is 17.4 Å². The Morgan fingerprint density at radius 3 is 2.84 bits per heavy atom. The highest BCUT2D eigenvalue weighted by atomic mass is 19.1. The molecule has 31 heavy (non-hydrogen) atoms. The van der Waals surface area contributed by atoms with E-state index in [1.165, 1.54) is 24.3 Å². The van der Waals surface area contributed by atoms with Gasteiger partial charge in [-0.2, -0.15) is 0 Å². The summed E-state index contributed by atoms with van der Waals surface area (Å²) in [5.74, 6) is -0.141. The van der Waals surface area contributed by atoms with Crippen LogP contribution in [0.2, 0.25) is 0 Å². The molecule has 7 nitrogen and oxygen atoms in total. The van der Waals surface area contributed by atoms with E-state index < -0.39 is 17.8 Å². The van der Waals surface area contributed by atoms with E-state index in [1.54, 1.807) is 13.0 Å². The van der Waals surface area contributed by atoms with Crippen molar-refractivity contribution in [2.24, 2.45) is 0 Å². The molecule has 0 saturated carbocycles. The zero-order valence-electron chi connectivity index (χ0n) is 16.8. The van der Waals surface area contributed by atoms with Crippen molar-refractivity contribution >= 4 is 16.8 Å². The van der Waals surface area contributed by atoms with Gasteiger partial charge in [-0.3, -0.25) is 9.59 Å². The van der Waals surface area contributed by atoms with Gasteiger partial charge in [-0.15, -0.1) is 0 Å². The lowest BCUT2D eigenvalue weighted by molar-refractivity contribution is -0.123. The molecular formula is C23H21FN4O3. The van der Waals surface area contributed by atoms with Crippen molar-refractivity contribution in [2.75, 3.05) is 6.61 Å². The summed E-state index contributed by atoms with van der Waals surface area (Å²) in [7, 11) is 0. The first-order valence-corrected chi connectivity index (χ1v) is 9.78. The van der Waals surface area contributed by atoms with Crippen molar-refractivity contribution in [3.8, 4) is 5.75 Å². The molecule has 4 aromatic rings. The predicted molar refractivity (Wildman–Crippen MR) is 114 cm³/mol. The van der Waals surface area contributed by atoms with Gasteiger partial charge in [0.2, 0.25) is 0 Å². The molecule has 0 saturated heterocycles. The maximum atomic E-state index is 13.3. The van der Waals surface area contributed by atoms with E-state index >= 15 is 0 Å². The second-order valence-corrected chi connectivity index (χ2v) is 7.19. The lowest BCUT2D eigenvalue weighted by atomic mass is 10.0. The average Bonchev–Trinajstić information content (AvgIpc) is 3.14. The fourth-order valence-electron chi connectivity index (χ4n) is 3.47. The van der Waals surface area contributed by atoms with E-state index in [0.717, 1.165) is 16.5 Å². The predicted octanol–water partition coefficient (Wildman–Crippen LogP) is 3.18. The number of nitrogens with one attached hydrogen (secondary N) is 3. The zero-order chi connectivity index (χ0) is 21.8. The van der Waals surface area contributed by atoms with E-state index in [4.69, 9.17) is 4.74 Å². The summed E-state index contributed by atoms with van der Waals surface area (Å²) in [5, 5.41) is 3.92. The maximum Gasteiger partial charge on any atom is 0.258 e. The fraction of sp³-hybridized carbons (Fsp3) is 0.174. The van der Waals surface area contributed by atoms with Crippen LogP contribution in [-0.4, -0.2) is 27.5 Å². The van der Waals surface area contributed by atoms with E-state index in [2.05, 4.69) is 20.3 Å². The highest BCUT2D eigenvalue weighted by Gasteiger charge is 2.20. The monoisotopic (exact) mass is 420 g/mol. The minimum absolute atomic E-state index is 0.258. The Hall–Kier alpha value is -3.94. The van der Waals surface area contributed by atoms with Gasteiger partial charge in [-0.25, -0.2) is 9.37 Å². The first-order chi connectivity index (χ1) is 15.0. The molecule has 1 unspecified atom stereocenters. The number of H-pyrrole nitrogens is 2. The summed E-state index contributed by atoms with van der Waals surface area (Å²) in [4.78, 5) is 34.8. The standard InChI is InChI=1S/C23H21FN4O3/c1-14-26-21(11-22(29)27-14)20(9-15-12-25-19-8-3-2-7-18(15)19)28-23(30)13-31-17-6-4-5-16(24)10-17/h2-8,10-12,20,25H,9,13H2,1H3,(H,28,30)(H,26,27,29). The van der Waals surface area contributed by atoms with Crippen LogP contribution in [0.5, 0.6) is 5.75 Å². The Balaban J connectivity index is 1.56. The molecule has 0 aliphatic rings. The van der Waals surface area contributed by atoms with Crippen LogP contribution >= 0.6 is 0 Å². The molecule has 0 aliphatic carbocycles. The summed E-state index contributed by atoms with van der Waals surface area (Å²) in [5.41, 5.74) is 2.11. The molecule has 158 valence electrons. The van der Waals surface area contributed by atoms with Crippen molar-refractivity contribution in [3.05, 3.63) is 94.0 Å². The number of para-hydroxylation sites is 1. The number of rotatable bonds is 7. The van der Waals surface area contributed by atoms with Crippen LogP contribution in [0.25, 0.3) is 10.9 Å². The van der Waals surface area contributed by atoms with E-state index in [1.807, 2.05) is 30.5 Å². The van der Waals surface area contributed by atoms with Gasteiger partial charge in [0, 0.05) is 35.7 Å². The molecule has 2 aromatic heterocycles. The SMILES string of the molecule is Cc1nc(C(Cc2c[nH]c3ccccc23)NC(=O)COc2cccc(F)c2)cc(=O)[nH]1. The first-order valence-electron chi connectivity index (χ1n) is 9.78. The first kappa shape index (κ1) is 20.3. The van der Waals surface area contributed by atoms with Crippen LogP contribution in [0.15, 0.2) is 65.6 Å². The third-order valence-corrected chi connectivity index (χ3v) is 4.84. The molecule has 0 bridgehead atoms. The summed E-state index contributed by atoms with van der Waals surface area (Å²) >= 11 is 0. The smallest absolute Gasteiger partial charge is 0.258 e. The molecule has 8 heteroatoms. The molecular weight excluding hydrogens is 399 g/mol. The van der Waals surface area contributed by atoms with E-state index in [9.17, 15) is 14.0 Å². The minimum atomic E-state index is -0.552. The number of benzene rings is 2. The van der Waals surface area contributed by atoms with Gasteiger partial charge in [-0.05, 0) is 30.7 Å². The quantitative estimate of drug-likeness (QED) is 0.428. The molecule has 1 amide bonds. The van der Waals surface area contributed by atoms with Gasteiger partial charge in [0.25, 0.3) is 11.5 Å². The molecule has 0 radical (unpaired) electrons. The van der Waals surface area contributed by atoms with E-state index in [0.29, 0.717) is 17.9 Å². The topological polar surface area (TPSA) is 99.9 Å². The summed E-state index contributed by atoms with van der Waals surface area (Å²) in [6.45, 7) is 1.39. The van der Waals surface area contributed by atoms with Gasteiger partial charge in [0.05, 0.1) is 11.7 Å². The average molecular weight is 420 g/mol. The molecule has 0 spiro atoms. The number of carbonyl (C=O) groups is 1. The number of hydrogen-bond acceptors (Lipinski definition) is 4. The van der Waals surface area contributed by atoms with Crippen molar-refractivity contribution in [1.29, 1.82) is 0 Å². The number of carbonyl (C=O) groups excluding carboxylic acids is 1. The van der Waals surface area contributed by atoms with Crippen molar-refractivity contribution in [2.45, 2.75) is 19.4 Å². The van der Waals surface area contributed by atoms with E-state index in [-0.39, 0.29) is 17.9 Å². The molecule has 3 N–H and O–H groups in total. The van der Waals surface area contributed by atoms with Crippen LogP contribution in [-0.2, 0) is 11.2 Å². The number of hydrogen-bond donors (Lipinski definition) is 3. The third-order valence-electron chi connectivity index (χ3n) is 4.84. The van der Waals surface area contributed by atoms with Crippen LogP contribution in [0.4, 0.5) is 4.39 Å². The number of aryl methyl sites for hydroxylation is 1. The Bertz CT molecular complexity index is 1280. The number of fused-ring (bicyclic) bond motifs is 1. The Morgan fingerprint density at radius 2 is 2.03 bits per heavy atom. The Labute approximate surface area is 177 Å². The summed E-state index contributed by atoms with van der Waals surface area (Å²) in [6.07, 6.45) is 2.30. The second kappa shape index (κ2) is 8.83. The van der Waals surface area contributed by atoms with Gasteiger partial charge >= 0.3 is 0 Å². The number of amides is 1. The number of halogens is 1. The molecule has 0 fully saturated rings. The zero-order valence-corrected chi connectivity index (χ0v) is 16.8. The van der Waals surface area contributed by atoms with Gasteiger partial charge in [0.15, 0.2) is 6.61 Å². The molecule has 0 aliphatic heterocycles. The minimum Gasteiger partial charge on any atom is -0.484 e. The highest BCUT2D eigenvalue weighted by Crippen LogP contribution is 2.23. The molecule has 1 atom stereocenters. The van der Waals surface area contributed by atoms with Crippen LogP contribution in [0, 0.1) is 12.7 Å². The lowest BCUT2D eigenvalue weighted by Gasteiger charge is -2.19. The van der Waals surface area contributed by atoms with Crippen LogP contribution in [0.3, 0.4) is 0 Å². The molecule has 2 heterocycles. The van der Waals surface area contributed by atoms with Crippen molar-refractivity contribution in [3.63, 3.8) is 0 Å². The highest BCUT2D eigenvalue weighted by molar-refractivity contribution is 5.83. The van der Waals surface area contributed by atoms with Crippen LogP contribution in [0.1, 0.15) is 23.1 Å². The van der Waals surface area contributed by atoms with Gasteiger partial charge in [-0.1, -0.05) is 24.3 Å². The van der Waals surface area contributed by atoms with Crippen molar-refractivity contribution < 1.29 is 13.9 Å². The normalized spacial score (nSPS) is 11.9. The maximum absolute atomic E-state index is 13.3. The Kier molecular flexibility index (Phi) is 5.79. The second-order valence-electron chi connectivity index (χ2n) is 7.19. The molecule has 2 aromatic carbocycles. The Morgan fingerprint density at radius 1 is 1.19 bits per heavy atom. The number of ether oxygens (including phenoxy) is 1. The fourth-order valence-corrected chi connectivity index (χ4v) is 3.47. The number of nitrogens with zero attached hydrogens (tertiary/aromatic N) is 1. The third kappa shape index (κ3) is 4.98. The van der Waals surface area contributed by atoms with Crippen LogP contribution < -0.4 is 15.6 Å². The lowest BCUT2D eigenvalue weighted by Crippen LogP contribution is -2.35. The van der Waals surface area contributed by atoms with Gasteiger partial charge < -0.3 is 20.0 Å².